The highest BCUT2D eigenvalue weighted by atomic mass is 19.4. The average Bonchev–Trinajstić information content (AvgIpc) is 3.22. The number of pyridine rings is 2. The van der Waals surface area contributed by atoms with Crippen molar-refractivity contribution in [2.75, 3.05) is 18.0 Å². The molecule has 14 heteroatoms. The van der Waals surface area contributed by atoms with Gasteiger partial charge in [-0.15, -0.1) is 0 Å². The van der Waals surface area contributed by atoms with Crippen LogP contribution in [0.5, 0.6) is 0 Å². The predicted octanol–water partition coefficient (Wildman–Crippen LogP) is 3.65. The fraction of sp³-hybridized carbons (Fsp3) is 0.304. The molecule has 196 valence electrons. The van der Waals surface area contributed by atoms with E-state index in [-0.39, 0.29) is 24.3 Å². The third-order valence-electron chi connectivity index (χ3n) is 5.74. The number of nitrogens with zero attached hydrogens (tertiary/aromatic N) is 3. The smallest absolute Gasteiger partial charge is 0.340 e. The third-order valence-corrected chi connectivity index (χ3v) is 5.74. The number of rotatable bonds is 5. The highest BCUT2D eigenvalue weighted by molar-refractivity contribution is 5.98. The van der Waals surface area contributed by atoms with Crippen molar-refractivity contribution in [3.8, 4) is 5.69 Å². The van der Waals surface area contributed by atoms with Crippen LogP contribution in [-0.4, -0.2) is 46.8 Å². The lowest BCUT2D eigenvalue weighted by Gasteiger charge is -2.25. The molecule has 8 nitrogen and oxygen atoms in total. The SMILES string of the molecule is CC(C)C(NC(=O)c1cn(-c2c(F)cc(F)cc2F)c2nc(N3CCNC3=O)ccc2c1=O)C(F)(F)F. The van der Waals surface area contributed by atoms with Crippen LogP contribution >= 0.6 is 0 Å². The molecule has 3 amide bonds. The van der Waals surface area contributed by atoms with Crippen molar-refractivity contribution in [2.45, 2.75) is 26.1 Å². The second-order valence-electron chi connectivity index (χ2n) is 8.62. The Labute approximate surface area is 204 Å². The molecular formula is C23H19F6N5O3. The van der Waals surface area contributed by atoms with E-state index in [0.29, 0.717) is 22.9 Å². The number of hydrogen-bond acceptors (Lipinski definition) is 4. The van der Waals surface area contributed by atoms with Gasteiger partial charge in [0.05, 0.1) is 5.39 Å². The Morgan fingerprint density at radius 2 is 1.76 bits per heavy atom. The summed E-state index contributed by atoms with van der Waals surface area (Å²) in [7, 11) is 0. The first-order valence-electron chi connectivity index (χ1n) is 10.9. The first-order valence-corrected chi connectivity index (χ1v) is 10.9. The van der Waals surface area contributed by atoms with Crippen LogP contribution in [0.2, 0.25) is 0 Å². The normalized spacial score (nSPS) is 14.8. The lowest BCUT2D eigenvalue weighted by molar-refractivity contribution is -0.162. The molecule has 0 radical (unpaired) electrons. The van der Waals surface area contributed by atoms with Crippen LogP contribution in [0.25, 0.3) is 16.7 Å². The van der Waals surface area contributed by atoms with Crippen LogP contribution in [0.15, 0.2) is 35.3 Å². The minimum Gasteiger partial charge on any atom is -0.340 e. The summed E-state index contributed by atoms with van der Waals surface area (Å²) in [5, 5.41) is 3.90. The molecule has 2 N–H and O–H groups in total. The summed E-state index contributed by atoms with van der Waals surface area (Å²) in [6.07, 6.45) is -4.21. The minimum atomic E-state index is -4.85. The van der Waals surface area contributed by atoms with Crippen LogP contribution in [0, 0.1) is 23.4 Å². The Morgan fingerprint density at radius 1 is 1.11 bits per heavy atom. The minimum absolute atomic E-state index is 0.00674. The Kier molecular flexibility index (Phi) is 6.60. The number of aromatic nitrogens is 2. The third kappa shape index (κ3) is 4.82. The zero-order valence-electron chi connectivity index (χ0n) is 19.3. The molecule has 4 rings (SSSR count). The molecular weight excluding hydrogens is 508 g/mol. The van der Waals surface area contributed by atoms with E-state index in [9.17, 15) is 40.7 Å². The standard InChI is InChI=1S/C23H19F6N5O3/c1-10(2)19(23(27,28)29)32-21(36)13-9-34(17-14(25)7-11(24)8-15(17)26)20-12(18(13)35)3-4-16(31-20)33-6-5-30-22(33)37/h3-4,7-10,19H,5-6H2,1-2H3,(H,30,37)(H,32,36). The van der Waals surface area contributed by atoms with E-state index in [1.807, 2.05) is 0 Å². The summed E-state index contributed by atoms with van der Waals surface area (Å²) in [5.74, 6) is -6.68. The maximum atomic E-state index is 14.8. The van der Waals surface area contributed by atoms with Crippen LogP contribution in [0.3, 0.4) is 0 Å². The van der Waals surface area contributed by atoms with E-state index < -0.39 is 69.9 Å². The largest absolute Gasteiger partial charge is 0.408 e. The fourth-order valence-corrected chi connectivity index (χ4v) is 3.98. The van der Waals surface area contributed by atoms with Gasteiger partial charge in [0.15, 0.2) is 17.3 Å². The number of alkyl halides is 3. The quantitative estimate of drug-likeness (QED) is 0.496. The van der Waals surface area contributed by atoms with Gasteiger partial charge < -0.3 is 10.6 Å². The van der Waals surface area contributed by atoms with Gasteiger partial charge in [0, 0.05) is 31.4 Å². The van der Waals surface area contributed by atoms with E-state index >= 15 is 0 Å². The molecule has 1 unspecified atom stereocenters. The van der Waals surface area contributed by atoms with Crippen molar-refractivity contribution in [2.24, 2.45) is 5.92 Å². The number of fused-ring (bicyclic) bond motifs is 1. The Bertz CT molecular complexity index is 1450. The zero-order valence-corrected chi connectivity index (χ0v) is 19.3. The highest BCUT2D eigenvalue weighted by Crippen LogP contribution is 2.27. The molecule has 0 aliphatic carbocycles. The van der Waals surface area contributed by atoms with Crippen LogP contribution in [-0.2, 0) is 0 Å². The number of carbonyl (C=O) groups is 2. The van der Waals surface area contributed by atoms with E-state index in [0.717, 1.165) is 6.07 Å². The second-order valence-corrected chi connectivity index (χ2v) is 8.62. The Morgan fingerprint density at radius 3 is 2.30 bits per heavy atom. The number of nitrogens with one attached hydrogen (secondary N) is 2. The van der Waals surface area contributed by atoms with Crippen LogP contribution < -0.4 is 21.0 Å². The molecule has 1 aliphatic rings. The lowest BCUT2D eigenvalue weighted by Crippen LogP contribution is -2.49. The van der Waals surface area contributed by atoms with Crippen molar-refractivity contribution >= 4 is 28.8 Å². The van der Waals surface area contributed by atoms with Gasteiger partial charge in [0.25, 0.3) is 5.91 Å². The summed E-state index contributed by atoms with van der Waals surface area (Å²) in [5.41, 5.74) is -3.29. The Balaban J connectivity index is 1.97. The molecule has 37 heavy (non-hydrogen) atoms. The number of halogens is 6. The summed E-state index contributed by atoms with van der Waals surface area (Å²) < 4.78 is 84.0. The molecule has 0 spiro atoms. The summed E-state index contributed by atoms with van der Waals surface area (Å²) in [6, 6.07) is 0.211. The van der Waals surface area contributed by atoms with E-state index in [1.165, 1.54) is 24.8 Å². The van der Waals surface area contributed by atoms with Crippen molar-refractivity contribution in [1.82, 2.24) is 20.2 Å². The first kappa shape index (κ1) is 26.0. The zero-order chi connectivity index (χ0) is 27.2. The maximum absolute atomic E-state index is 14.8. The number of amides is 3. The van der Waals surface area contributed by atoms with Crippen LogP contribution in [0.1, 0.15) is 24.2 Å². The van der Waals surface area contributed by atoms with Gasteiger partial charge in [0.1, 0.15) is 28.9 Å². The number of anilines is 1. The van der Waals surface area contributed by atoms with Crippen LogP contribution in [0.4, 0.5) is 37.0 Å². The van der Waals surface area contributed by atoms with Gasteiger partial charge in [-0.05, 0) is 18.1 Å². The van der Waals surface area contributed by atoms with Gasteiger partial charge in [0.2, 0.25) is 5.43 Å². The second kappa shape index (κ2) is 9.41. The Hall–Kier alpha value is -4.10. The van der Waals surface area contributed by atoms with Gasteiger partial charge >= 0.3 is 12.2 Å². The molecule has 3 aromatic rings. The van der Waals surface area contributed by atoms with Crippen molar-refractivity contribution in [1.29, 1.82) is 0 Å². The molecule has 1 atom stereocenters. The topological polar surface area (TPSA) is 96.3 Å². The predicted molar refractivity (Wildman–Crippen MR) is 120 cm³/mol. The monoisotopic (exact) mass is 527 g/mol. The summed E-state index contributed by atoms with van der Waals surface area (Å²) in [4.78, 5) is 43.4. The molecule has 0 saturated carbocycles. The van der Waals surface area contributed by atoms with Crippen molar-refractivity contribution in [3.63, 3.8) is 0 Å². The molecule has 1 fully saturated rings. The summed E-state index contributed by atoms with van der Waals surface area (Å²) in [6.45, 7) is 2.89. The molecule has 1 aliphatic heterocycles. The number of benzene rings is 1. The van der Waals surface area contributed by atoms with Gasteiger partial charge in [-0.2, -0.15) is 13.2 Å². The van der Waals surface area contributed by atoms with E-state index in [4.69, 9.17) is 0 Å². The fourth-order valence-electron chi connectivity index (χ4n) is 3.98. The van der Waals surface area contributed by atoms with Gasteiger partial charge in [-0.1, -0.05) is 13.8 Å². The molecule has 1 saturated heterocycles. The molecule has 0 bridgehead atoms. The molecule has 1 aromatic carbocycles. The van der Waals surface area contributed by atoms with Gasteiger partial charge in [-0.25, -0.2) is 22.9 Å². The first-order chi connectivity index (χ1) is 17.3. The van der Waals surface area contributed by atoms with Crippen molar-refractivity contribution in [3.05, 3.63) is 63.7 Å². The number of carbonyl (C=O) groups excluding carboxylic acids is 2. The molecule has 3 heterocycles. The van der Waals surface area contributed by atoms with Gasteiger partial charge in [-0.3, -0.25) is 19.1 Å². The number of hydrogen-bond donors (Lipinski definition) is 2. The number of urea groups is 1. The highest BCUT2D eigenvalue weighted by Gasteiger charge is 2.43. The maximum Gasteiger partial charge on any atom is 0.408 e. The summed E-state index contributed by atoms with van der Waals surface area (Å²) >= 11 is 0. The average molecular weight is 527 g/mol. The van der Waals surface area contributed by atoms with E-state index in [1.54, 1.807) is 5.32 Å². The molecule has 2 aromatic heterocycles. The lowest BCUT2D eigenvalue weighted by atomic mass is 10.0. The van der Waals surface area contributed by atoms with E-state index in [2.05, 4.69) is 10.3 Å². The van der Waals surface area contributed by atoms with Crippen molar-refractivity contribution < 1.29 is 35.9 Å².